The van der Waals surface area contributed by atoms with E-state index in [1.807, 2.05) is 0 Å². The van der Waals surface area contributed by atoms with Crippen molar-refractivity contribution in [2.75, 3.05) is 11.9 Å². The molecule has 0 amide bonds. The van der Waals surface area contributed by atoms with E-state index < -0.39 is 23.5 Å². The maximum atomic E-state index is 13.8. The first-order chi connectivity index (χ1) is 20.1. The summed E-state index contributed by atoms with van der Waals surface area (Å²) in [5.41, 5.74) is 0.467. The first-order valence-corrected chi connectivity index (χ1v) is 13.8. The second-order valence-corrected chi connectivity index (χ2v) is 10.6. The van der Waals surface area contributed by atoms with Crippen molar-refractivity contribution >= 4 is 22.4 Å². The minimum Gasteiger partial charge on any atom is -0.367 e. The molecular formula is C31H27F6N5. The van der Waals surface area contributed by atoms with Crippen LogP contribution in [0.25, 0.3) is 22.2 Å². The third-order valence-corrected chi connectivity index (χ3v) is 7.81. The molecule has 1 aliphatic heterocycles. The molecule has 1 N–H and O–H groups in total. The van der Waals surface area contributed by atoms with Gasteiger partial charge in [-0.05, 0) is 86.6 Å². The molecule has 1 fully saturated rings. The van der Waals surface area contributed by atoms with Gasteiger partial charge in [-0.1, -0.05) is 12.1 Å². The largest absolute Gasteiger partial charge is 0.418 e. The number of hydrogen-bond acceptors (Lipinski definition) is 5. The van der Waals surface area contributed by atoms with E-state index >= 15 is 0 Å². The molecule has 42 heavy (non-hydrogen) atoms. The van der Waals surface area contributed by atoms with Crippen LogP contribution < -0.4 is 5.32 Å². The Balaban J connectivity index is 1.42. The van der Waals surface area contributed by atoms with Crippen LogP contribution in [0.3, 0.4) is 0 Å². The van der Waals surface area contributed by atoms with Crippen LogP contribution in [0.2, 0.25) is 0 Å². The molecule has 1 saturated heterocycles. The number of anilines is 2. The first kappa shape index (κ1) is 28.0. The van der Waals surface area contributed by atoms with Gasteiger partial charge < -0.3 is 10.2 Å². The second kappa shape index (κ2) is 10.9. The highest BCUT2D eigenvalue weighted by atomic mass is 19.4. The van der Waals surface area contributed by atoms with Gasteiger partial charge in [0.25, 0.3) is 0 Å². The number of benzene rings is 2. The van der Waals surface area contributed by atoms with Crippen LogP contribution in [-0.4, -0.2) is 26.4 Å². The number of likely N-dealkylation sites (tertiary alicyclic amines) is 1. The van der Waals surface area contributed by atoms with Crippen LogP contribution in [0.15, 0.2) is 72.6 Å². The fourth-order valence-electron chi connectivity index (χ4n) is 5.84. The van der Waals surface area contributed by atoms with Crippen molar-refractivity contribution in [1.82, 2.24) is 19.9 Å². The molecule has 2 aromatic heterocycles. The zero-order valence-electron chi connectivity index (χ0n) is 22.4. The van der Waals surface area contributed by atoms with Crippen molar-refractivity contribution in [3.8, 4) is 11.3 Å². The second-order valence-electron chi connectivity index (χ2n) is 10.6. The van der Waals surface area contributed by atoms with Gasteiger partial charge in [-0.2, -0.15) is 26.3 Å². The van der Waals surface area contributed by atoms with Gasteiger partial charge >= 0.3 is 12.4 Å². The average Bonchev–Trinajstić information content (AvgIpc) is 2.96. The molecule has 0 saturated carbocycles. The maximum Gasteiger partial charge on any atom is 0.418 e. The molecule has 0 radical (unpaired) electrons. The number of piperidine rings is 1. The monoisotopic (exact) mass is 583 g/mol. The van der Waals surface area contributed by atoms with E-state index in [-0.39, 0.29) is 11.3 Å². The molecule has 1 atom stereocenters. The van der Waals surface area contributed by atoms with Gasteiger partial charge in [0.2, 0.25) is 0 Å². The molecule has 5 nitrogen and oxygen atoms in total. The summed E-state index contributed by atoms with van der Waals surface area (Å²) in [5, 5.41) is 3.62. The van der Waals surface area contributed by atoms with Gasteiger partial charge in [0.05, 0.1) is 28.9 Å². The molecule has 4 aromatic rings. The summed E-state index contributed by atoms with van der Waals surface area (Å²) in [5.74, 6) is 1.30. The van der Waals surface area contributed by atoms with Crippen LogP contribution >= 0.6 is 0 Å². The summed E-state index contributed by atoms with van der Waals surface area (Å²) in [6.45, 7) is 1.25. The van der Waals surface area contributed by atoms with Crippen LogP contribution in [0.1, 0.15) is 49.1 Å². The van der Waals surface area contributed by atoms with Gasteiger partial charge in [-0.3, -0.25) is 4.98 Å². The summed E-state index contributed by atoms with van der Waals surface area (Å²) in [6, 6.07) is 11.5. The first-order valence-electron chi connectivity index (χ1n) is 13.8. The molecule has 11 heteroatoms. The van der Waals surface area contributed by atoms with Gasteiger partial charge in [0.15, 0.2) is 5.82 Å². The number of rotatable bonds is 5. The lowest BCUT2D eigenvalue weighted by Gasteiger charge is -2.39. The molecule has 218 valence electrons. The number of nitrogens with zero attached hydrogens (tertiary/aromatic N) is 4. The Morgan fingerprint density at radius 2 is 1.67 bits per heavy atom. The number of aromatic nitrogens is 3. The number of pyridine rings is 1. The zero-order valence-corrected chi connectivity index (χ0v) is 22.4. The van der Waals surface area contributed by atoms with Crippen molar-refractivity contribution in [3.63, 3.8) is 0 Å². The molecule has 1 aliphatic carbocycles. The number of fused-ring (bicyclic) bond motifs is 2. The summed E-state index contributed by atoms with van der Waals surface area (Å²) in [4.78, 5) is 15.8. The molecule has 3 heterocycles. The van der Waals surface area contributed by atoms with Crippen molar-refractivity contribution < 1.29 is 26.3 Å². The molecule has 2 aliphatic rings. The molecular weight excluding hydrogens is 556 g/mol. The fourth-order valence-corrected chi connectivity index (χ4v) is 5.84. The van der Waals surface area contributed by atoms with E-state index in [1.165, 1.54) is 36.2 Å². The SMILES string of the molecule is FC(F)(F)c1ccc(Nc2nc(CN3CCC[C@H]4CCCC=C43)nc3cc(-c4ncccc4C(F)(F)F)ccc23)cc1. The number of nitrogens with one attached hydrogen (secondary N) is 1. The Morgan fingerprint density at radius 3 is 2.43 bits per heavy atom. The van der Waals surface area contributed by atoms with Crippen LogP contribution in [0, 0.1) is 5.92 Å². The van der Waals surface area contributed by atoms with Crippen molar-refractivity contribution in [3.05, 3.63) is 89.5 Å². The van der Waals surface area contributed by atoms with Crippen LogP contribution in [-0.2, 0) is 18.9 Å². The number of hydrogen-bond donors (Lipinski definition) is 1. The Kier molecular flexibility index (Phi) is 7.28. The standard InChI is InChI=1S/C31H27F6N5/c32-30(33,34)21-10-12-22(13-11-21)39-29-23-14-9-20(28-24(31(35,36)37)7-3-15-38-28)17-25(23)40-27(41-29)18-42-16-4-6-19-5-1-2-8-26(19)42/h3,7-15,17,19H,1-2,4-6,16,18H2,(H,39,40,41)/t19-/m1/s1. The smallest absolute Gasteiger partial charge is 0.367 e. The van der Waals surface area contributed by atoms with Crippen molar-refractivity contribution in [1.29, 1.82) is 0 Å². The minimum absolute atomic E-state index is 0.212. The average molecular weight is 584 g/mol. The maximum absolute atomic E-state index is 13.8. The summed E-state index contributed by atoms with van der Waals surface area (Å²) >= 11 is 0. The third-order valence-electron chi connectivity index (χ3n) is 7.81. The lowest BCUT2D eigenvalue weighted by molar-refractivity contribution is -0.138. The zero-order chi connectivity index (χ0) is 29.5. The van der Waals surface area contributed by atoms with Crippen LogP contribution in [0.5, 0.6) is 0 Å². The van der Waals surface area contributed by atoms with E-state index in [2.05, 4.69) is 21.3 Å². The number of halogens is 6. The van der Waals surface area contributed by atoms with E-state index in [4.69, 9.17) is 9.97 Å². The number of allylic oxidation sites excluding steroid dienone is 2. The Hall–Kier alpha value is -4.15. The molecule has 6 rings (SSSR count). The van der Waals surface area contributed by atoms with E-state index in [0.717, 1.165) is 56.8 Å². The summed E-state index contributed by atoms with van der Waals surface area (Å²) < 4.78 is 80.6. The Labute approximate surface area is 238 Å². The van der Waals surface area contributed by atoms with Gasteiger partial charge in [-0.25, -0.2) is 9.97 Å². The molecule has 0 spiro atoms. The fraction of sp³-hybridized carbons (Fsp3) is 0.323. The highest BCUT2D eigenvalue weighted by Gasteiger charge is 2.34. The van der Waals surface area contributed by atoms with E-state index in [1.54, 1.807) is 12.1 Å². The minimum atomic E-state index is -4.59. The predicted molar refractivity (Wildman–Crippen MR) is 148 cm³/mol. The lowest BCUT2D eigenvalue weighted by atomic mass is 9.85. The quantitative estimate of drug-likeness (QED) is 0.238. The summed E-state index contributed by atoms with van der Waals surface area (Å²) in [6.07, 6.45) is -0.00416. The number of alkyl halides is 6. The van der Waals surface area contributed by atoms with Crippen molar-refractivity contribution in [2.45, 2.75) is 51.0 Å². The third kappa shape index (κ3) is 5.77. The highest BCUT2D eigenvalue weighted by molar-refractivity contribution is 5.93. The molecule has 0 bridgehead atoms. The predicted octanol–water partition coefficient (Wildman–Crippen LogP) is 8.75. The van der Waals surface area contributed by atoms with Crippen molar-refractivity contribution in [2.24, 2.45) is 5.92 Å². The Bertz CT molecular complexity index is 1630. The summed E-state index contributed by atoms with van der Waals surface area (Å²) in [7, 11) is 0. The van der Waals surface area contributed by atoms with E-state index in [0.29, 0.717) is 40.7 Å². The normalized spacial score (nSPS) is 17.6. The topological polar surface area (TPSA) is 53.9 Å². The van der Waals surface area contributed by atoms with E-state index in [9.17, 15) is 26.3 Å². The van der Waals surface area contributed by atoms with Gasteiger partial charge in [-0.15, -0.1) is 0 Å². The van der Waals surface area contributed by atoms with Crippen LogP contribution in [0.4, 0.5) is 37.8 Å². The highest BCUT2D eigenvalue weighted by Crippen LogP contribution is 2.38. The van der Waals surface area contributed by atoms with Gasteiger partial charge in [0, 0.05) is 35.1 Å². The molecule has 2 aromatic carbocycles. The lowest BCUT2D eigenvalue weighted by Crippen LogP contribution is -2.34. The van der Waals surface area contributed by atoms with Gasteiger partial charge in [0.1, 0.15) is 5.82 Å². The molecule has 0 unspecified atom stereocenters. The Morgan fingerprint density at radius 1 is 0.881 bits per heavy atom.